The summed E-state index contributed by atoms with van der Waals surface area (Å²) in [4.78, 5) is 11.5. The highest BCUT2D eigenvalue weighted by Gasteiger charge is 2.26. The fourth-order valence-electron chi connectivity index (χ4n) is 1.77. The Morgan fingerprint density at radius 1 is 1.53 bits per heavy atom. The molecule has 92 valence electrons. The van der Waals surface area contributed by atoms with E-state index in [0.29, 0.717) is 11.4 Å². The largest absolute Gasteiger partial charge is 0.479 e. The molecule has 1 aromatic rings. The van der Waals surface area contributed by atoms with Crippen molar-refractivity contribution in [3.8, 4) is 5.75 Å². The summed E-state index contributed by atoms with van der Waals surface area (Å²) in [6, 6.07) is 5.70. The molecular formula is C13H18N2O2. The number of benzene rings is 1. The summed E-state index contributed by atoms with van der Waals surface area (Å²) in [7, 11) is 0. The Hall–Kier alpha value is -1.55. The normalized spacial score (nSPS) is 22.1. The van der Waals surface area contributed by atoms with Gasteiger partial charge in [0.25, 0.3) is 5.91 Å². The molecule has 2 unspecified atom stereocenters. The van der Waals surface area contributed by atoms with Crippen LogP contribution in [0.25, 0.3) is 0 Å². The summed E-state index contributed by atoms with van der Waals surface area (Å²) >= 11 is 0. The maximum absolute atomic E-state index is 11.5. The smallest absolute Gasteiger partial charge is 0.265 e. The SMILES string of the molecule is CCC(C)(N)c1ccc2c(c1)NC(=O)C(C)O2. The maximum Gasteiger partial charge on any atom is 0.265 e. The van der Waals surface area contributed by atoms with Gasteiger partial charge in [0.05, 0.1) is 5.69 Å². The van der Waals surface area contributed by atoms with Crippen LogP contribution in [-0.4, -0.2) is 12.0 Å². The highest BCUT2D eigenvalue weighted by atomic mass is 16.5. The van der Waals surface area contributed by atoms with Gasteiger partial charge in [0, 0.05) is 5.54 Å². The molecule has 0 saturated carbocycles. The van der Waals surface area contributed by atoms with Gasteiger partial charge in [-0.1, -0.05) is 13.0 Å². The first-order chi connectivity index (χ1) is 7.94. The van der Waals surface area contributed by atoms with Crippen molar-refractivity contribution in [2.75, 3.05) is 5.32 Å². The third-order valence-corrected chi connectivity index (χ3v) is 3.30. The lowest BCUT2D eigenvalue weighted by Crippen LogP contribution is -2.35. The number of amides is 1. The van der Waals surface area contributed by atoms with Gasteiger partial charge in [-0.3, -0.25) is 4.79 Å². The molecule has 1 aromatic carbocycles. The van der Waals surface area contributed by atoms with Crippen molar-refractivity contribution in [3.05, 3.63) is 23.8 Å². The van der Waals surface area contributed by atoms with Gasteiger partial charge in [0.1, 0.15) is 5.75 Å². The minimum absolute atomic E-state index is 0.120. The van der Waals surface area contributed by atoms with Crippen molar-refractivity contribution in [1.29, 1.82) is 0 Å². The molecule has 0 fully saturated rings. The number of carbonyl (C=O) groups excluding carboxylic acids is 1. The quantitative estimate of drug-likeness (QED) is 0.822. The van der Waals surface area contributed by atoms with E-state index in [0.717, 1.165) is 12.0 Å². The van der Waals surface area contributed by atoms with Crippen molar-refractivity contribution >= 4 is 11.6 Å². The van der Waals surface area contributed by atoms with E-state index in [1.165, 1.54) is 0 Å². The van der Waals surface area contributed by atoms with E-state index in [1.54, 1.807) is 6.92 Å². The summed E-state index contributed by atoms with van der Waals surface area (Å²) < 4.78 is 5.49. The summed E-state index contributed by atoms with van der Waals surface area (Å²) in [6.07, 6.45) is 0.389. The van der Waals surface area contributed by atoms with Gasteiger partial charge in [-0.2, -0.15) is 0 Å². The van der Waals surface area contributed by atoms with Crippen LogP contribution in [0.2, 0.25) is 0 Å². The molecule has 0 bridgehead atoms. The van der Waals surface area contributed by atoms with Gasteiger partial charge >= 0.3 is 0 Å². The summed E-state index contributed by atoms with van der Waals surface area (Å²) in [5.41, 5.74) is 7.49. The number of hydrogen-bond acceptors (Lipinski definition) is 3. The van der Waals surface area contributed by atoms with Crippen molar-refractivity contribution in [2.24, 2.45) is 5.73 Å². The van der Waals surface area contributed by atoms with Crippen molar-refractivity contribution in [3.63, 3.8) is 0 Å². The average Bonchev–Trinajstić information content (AvgIpc) is 2.30. The van der Waals surface area contributed by atoms with Crippen molar-refractivity contribution in [1.82, 2.24) is 0 Å². The Balaban J connectivity index is 2.38. The first-order valence-corrected chi connectivity index (χ1v) is 5.85. The molecule has 1 heterocycles. The molecule has 1 aliphatic heterocycles. The molecule has 2 rings (SSSR count). The predicted molar refractivity (Wildman–Crippen MR) is 67.0 cm³/mol. The van der Waals surface area contributed by atoms with Crippen LogP contribution in [0.5, 0.6) is 5.75 Å². The van der Waals surface area contributed by atoms with Crippen LogP contribution in [0, 0.1) is 0 Å². The van der Waals surface area contributed by atoms with E-state index in [2.05, 4.69) is 5.32 Å². The Morgan fingerprint density at radius 2 is 2.24 bits per heavy atom. The van der Waals surface area contributed by atoms with Gasteiger partial charge in [-0.25, -0.2) is 0 Å². The summed E-state index contributed by atoms with van der Waals surface area (Å²) in [5.74, 6) is 0.581. The minimum Gasteiger partial charge on any atom is -0.479 e. The van der Waals surface area contributed by atoms with Crippen LogP contribution in [0.4, 0.5) is 5.69 Å². The average molecular weight is 234 g/mol. The zero-order chi connectivity index (χ0) is 12.6. The highest BCUT2D eigenvalue weighted by Crippen LogP contribution is 2.33. The molecule has 2 atom stereocenters. The topological polar surface area (TPSA) is 64.3 Å². The zero-order valence-corrected chi connectivity index (χ0v) is 10.4. The summed E-state index contributed by atoms with van der Waals surface area (Å²) in [6.45, 7) is 5.74. The Bertz CT molecular complexity index is 455. The number of anilines is 1. The molecular weight excluding hydrogens is 216 g/mol. The number of ether oxygens (including phenoxy) is 1. The molecule has 0 radical (unpaired) electrons. The first kappa shape index (κ1) is 11.9. The fourth-order valence-corrected chi connectivity index (χ4v) is 1.77. The van der Waals surface area contributed by atoms with Crippen LogP contribution >= 0.6 is 0 Å². The third-order valence-electron chi connectivity index (χ3n) is 3.30. The van der Waals surface area contributed by atoms with Gasteiger partial charge in [0.2, 0.25) is 0 Å². The van der Waals surface area contributed by atoms with Crippen LogP contribution in [0.3, 0.4) is 0 Å². The number of rotatable bonds is 2. The first-order valence-electron chi connectivity index (χ1n) is 5.85. The molecule has 4 heteroatoms. The molecule has 3 N–H and O–H groups in total. The highest BCUT2D eigenvalue weighted by molar-refractivity contribution is 5.97. The van der Waals surface area contributed by atoms with Gasteiger partial charge in [-0.05, 0) is 38.0 Å². The van der Waals surface area contributed by atoms with Crippen molar-refractivity contribution < 1.29 is 9.53 Å². The van der Waals surface area contributed by atoms with E-state index in [-0.39, 0.29) is 11.4 Å². The lowest BCUT2D eigenvalue weighted by Gasteiger charge is -2.28. The van der Waals surface area contributed by atoms with Crippen LogP contribution in [0.1, 0.15) is 32.8 Å². The molecule has 1 amide bonds. The molecule has 4 nitrogen and oxygen atoms in total. The predicted octanol–water partition coefficient (Wildman–Crippen LogP) is 1.99. The number of nitrogens with one attached hydrogen (secondary N) is 1. The van der Waals surface area contributed by atoms with Gasteiger partial charge < -0.3 is 15.8 Å². The van der Waals surface area contributed by atoms with E-state index in [9.17, 15) is 4.79 Å². The lowest BCUT2D eigenvalue weighted by molar-refractivity contribution is -0.122. The van der Waals surface area contributed by atoms with E-state index in [4.69, 9.17) is 10.5 Å². The van der Waals surface area contributed by atoms with E-state index >= 15 is 0 Å². The number of nitrogens with two attached hydrogens (primary N) is 1. The lowest BCUT2D eigenvalue weighted by atomic mass is 9.90. The van der Waals surface area contributed by atoms with Crippen molar-refractivity contribution in [2.45, 2.75) is 38.8 Å². The fraction of sp³-hybridized carbons (Fsp3) is 0.462. The minimum atomic E-state index is -0.441. The molecule has 0 spiro atoms. The summed E-state index contributed by atoms with van der Waals surface area (Å²) in [5, 5.41) is 2.83. The molecule has 0 aromatic heterocycles. The monoisotopic (exact) mass is 234 g/mol. The Kier molecular flexibility index (Phi) is 2.83. The standard InChI is InChI=1S/C13H18N2O2/c1-4-13(3,14)9-5-6-11-10(7-9)15-12(16)8(2)17-11/h5-8H,4,14H2,1-3H3,(H,15,16). The van der Waals surface area contributed by atoms with Crippen LogP contribution in [-0.2, 0) is 10.3 Å². The molecule has 1 aliphatic rings. The van der Waals surface area contributed by atoms with E-state index in [1.807, 2.05) is 32.0 Å². The zero-order valence-electron chi connectivity index (χ0n) is 10.4. The third kappa shape index (κ3) is 2.13. The maximum atomic E-state index is 11.5. The molecule has 0 saturated heterocycles. The van der Waals surface area contributed by atoms with Gasteiger partial charge in [-0.15, -0.1) is 0 Å². The number of fused-ring (bicyclic) bond motifs is 1. The Morgan fingerprint density at radius 3 is 2.88 bits per heavy atom. The molecule has 0 aliphatic carbocycles. The van der Waals surface area contributed by atoms with Crippen LogP contribution < -0.4 is 15.8 Å². The second-order valence-electron chi connectivity index (χ2n) is 4.73. The van der Waals surface area contributed by atoms with E-state index < -0.39 is 6.10 Å². The second-order valence-corrected chi connectivity index (χ2v) is 4.73. The number of carbonyl (C=O) groups is 1. The van der Waals surface area contributed by atoms with Crippen LogP contribution in [0.15, 0.2) is 18.2 Å². The molecule has 17 heavy (non-hydrogen) atoms. The van der Waals surface area contributed by atoms with Gasteiger partial charge in [0.15, 0.2) is 6.10 Å². The number of hydrogen-bond donors (Lipinski definition) is 2. The Labute approximate surface area is 101 Å². The second kappa shape index (κ2) is 4.04.